The lowest BCUT2D eigenvalue weighted by atomic mass is 9.94. The van der Waals surface area contributed by atoms with E-state index in [0.717, 1.165) is 17.9 Å². The van der Waals surface area contributed by atoms with E-state index in [1.165, 1.54) is 19.3 Å². The van der Waals surface area contributed by atoms with Crippen LogP contribution in [0.1, 0.15) is 33.1 Å². The molecule has 1 heteroatoms. The molecule has 0 bridgehead atoms. The quantitative estimate of drug-likeness (QED) is 0.592. The van der Waals surface area contributed by atoms with E-state index in [-0.39, 0.29) is 0 Å². The molecule has 0 aromatic rings. The summed E-state index contributed by atoms with van der Waals surface area (Å²) in [6.45, 7) is 4.70. The second kappa shape index (κ2) is 3.57. The Morgan fingerprint density at radius 2 is 1.82 bits per heavy atom. The Labute approximate surface area is 70.8 Å². The maximum Gasteiger partial charge on any atom is 0.00920 e. The second-order valence-electron chi connectivity index (χ2n) is 4.43. The monoisotopic (exact) mass is 155 g/mol. The van der Waals surface area contributed by atoms with E-state index in [9.17, 15) is 0 Å². The average molecular weight is 155 g/mol. The van der Waals surface area contributed by atoms with Crippen LogP contribution in [0.5, 0.6) is 0 Å². The lowest BCUT2D eigenvalue weighted by Gasteiger charge is -2.20. The van der Waals surface area contributed by atoms with Crippen LogP contribution in [-0.2, 0) is 0 Å². The van der Waals surface area contributed by atoms with Crippen molar-refractivity contribution in [1.82, 2.24) is 4.90 Å². The lowest BCUT2D eigenvalue weighted by Crippen LogP contribution is -2.25. The van der Waals surface area contributed by atoms with Gasteiger partial charge in [-0.3, -0.25) is 0 Å². The van der Waals surface area contributed by atoms with E-state index < -0.39 is 0 Å². The van der Waals surface area contributed by atoms with Gasteiger partial charge >= 0.3 is 0 Å². The minimum absolute atomic E-state index is 0.863. The number of nitrogens with zero attached hydrogens (tertiary/aromatic N) is 1. The van der Waals surface area contributed by atoms with Gasteiger partial charge in [-0.1, -0.05) is 13.8 Å². The Hall–Kier alpha value is -0.0400. The number of hydrogen-bond donors (Lipinski definition) is 0. The van der Waals surface area contributed by atoms with E-state index >= 15 is 0 Å². The summed E-state index contributed by atoms with van der Waals surface area (Å²) in [6.07, 6.45) is 4.28. The maximum atomic E-state index is 2.38. The third-order valence-corrected chi connectivity index (χ3v) is 3.12. The highest BCUT2D eigenvalue weighted by molar-refractivity contribution is 4.81. The predicted octanol–water partition coefficient (Wildman–Crippen LogP) is 2.37. The minimum atomic E-state index is 0.863. The van der Waals surface area contributed by atoms with E-state index in [4.69, 9.17) is 0 Å². The van der Waals surface area contributed by atoms with Gasteiger partial charge in [-0.2, -0.15) is 0 Å². The molecule has 1 fully saturated rings. The van der Waals surface area contributed by atoms with Crippen molar-refractivity contribution in [1.29, 1.82) is 0 Å². The smallest absolute Gasteiger partial charge is 0.00920 e. The first-order chi connectivity index (χ1) is 5.11. The third-order valence-electron chi connectivity index (χ3n) is 3.12. The van der Waals surface area contributed by atoms with Crippen LogP contribution in [-0.4, -0.2) is 25.0 Å². The summed E-state index contributed by atoms with van der Waals surface area (Å²) >= 11 is 0. The van der Waals surface area contributed by atoms with E-state index in [0.29, 0.717) is 0 Å². The van der Waals surface area contributed by atoms with Crippen LogP contribution in [0.15, 0.2) is 0 Å². The van der Waals surface area contributed by atoms with Crippen LogP contribution in [0.25, 0.3) is 0 Å². The molecule has 0 spiro atoms. The van der Waals surface area contributed by atoms with E-state index in [1.807, 2.05) is 0 Å². The fraction of sp³-hybridized carbons (Fsp3) is 1.00. The van der Waals surface area contributed by atoms with Gasteiger partial charge in [0.1, 0.15) is 0 Å². The van der Waals surface area contributed by atoms with Crippen molar-refractivity contribution in [3.63, 3.8) is 0 Å². The van der Waals surface area contributed by atoms with Crippen LogP contribution >= 0.6 is 0 Å². The molecule has 1 aliphatic carbocycles. The molecule has 1 aliphatic rings. The Morgan fingerprint density at radius 3 is 2.09 bits per heavy atom. The molecule has 0 saturated heterocycles. The van der Waals surface area contributed by atoms with Gasteiger partial charge in [0.25, 0.3) is 0 Å². The van der Waals surface area contributed by atoms with Gasteiger partial charge < -0.3 is 4.90 Å². The molecule has 1 nitrogen and oxygen atoms in total. The average Bonchev–Trinajstić information content (AvgIpc) is 2.33. The van der Waals surface area contributed by atoms with Crippen LogP contribution in [0.3, 0.4) is 0 Å². The van der Waals surface area contributed by atoms with Crippen LogP contribution in [0.4, 0.5) is 0 Å². The molecule has 0 N–H and O–H groups in total. The molecular weight excluding hydrogens is 134 g/mol. The molecule has 66 valence electrons. The topological polar surface area (TPSA) is 3.24 Å². The van der Waals surface area contributed by atoms with Crippen molar-refractivity contribution in [2.45, 2.75) is 39.2 Å². The van der Waals surface area contributed by atoms with E-state index in [2.05, 4.69) is 32.8 Å². The lowest BCUT2D eigenvalue weighted by molar-refractivity contribution is 0.279. The Bertz CT molecular complexity index is 104. The van der Waals surface area contributed by atoms with Crippen molar-refractivity contribution in [2.24, 2.45) is 11.8 Å². The predicted molar refractivity (Wildman–Crippen MR) is 49.7 cm³/mol. The zero-order valence-electron chi connectivity index (χ0n) is 8.30. The molecule has 0 amide bonds. The van der Waals surface area contributed by atoms with Gasteiger partial charge in [0, 0.05) is 6.04 Å². The zero-order chi connectivity index (χ0) is 8.43. The fourth-order valence-electron chi connectivity index (χ4n) is 2.07. The molecular formula is C10H21N. The molecule has 1 unspecified atom stereocenters. The molecule has 0 heterocycles. The second-order valence-corrected chi connectivity index (χ2v) is 4.43. The normalized spacial score (nSPS) is 32.2. The van der Waals surface area contributed by atoms with Crippen LogP contribution in [0, 0.1) is 11.8 Å². The van der Waals surface area contributed by atoms with Crippen LogP contribution < -0.4 is 0 Å². The number of hydrogen-bond acceptors (Lipinski definition) is 1. The highest BCUT2D eigenvalue weighted by Gasteiger charge is 2.27. The summed E-state index contributed by atoms with van der Waals surface area (Å²) < 4.78 is 0. The first-order valence-corrected chi connectivity index (χ1v) is 4.77. The summed E-state index contributed by atoms with van der Waals surface area (Å²) in [5, 5.41) is 0. The van der Waals surface area contributed by atoms with Gasteiger partial charge in [0.15, 0.2) is 0 Å². The maximum absolute atomic E-state index is 2.38. The molecule has 0 aromatic heterocycles. The van der Waals surface area contributed by atoms with Gasteiger partial charge in [0.2, 0.25) is 0 Å². The summed E-state index contributed by atoms with van der Waals surface area (Å²) in [4.78, 5) is 2.38. The van der Waals surface area contributed by atoms with Crippen molar-refractivity contribution in [3.8, 4) is 0 Å². The van der Waals surface area contributed by atoms with Gasteiger partial charge in [-0.05, 0) is 45.2 Å². The largest absolute Gasteiger partial charge is 0.306 e. The third kappa shape index (κ3) is 2.19. The summed E-state index contributed by atoms with van der Waals surface area (Å²) in [5.74, 6) is 1.88. The highest BCUT2D eigenvalue weighted by Crippen LogP contribution is 2.33. The Balaban J connectivity index is 2.35. The first-order valence-electron chi connectivity index (χ1n) is 4.77. The Morgan fingerprint density at radius 1 is 1.18 bits per heavy atom. The molecule has 2 atom stereocenters. The summed E-state index contributed by atoms with van der Waals surface area (Å²) in [5.41, 5.74) is 0. The van der Waals surface area contributed by atoms with Crippen molar-refractivity contribution in [2.75, 3.05) is 14.1 Å². The first kappa shape index (κ1) is 9.05. The van der Waals surface area contributed by atoms with Gasteiger partial charge in [0.05, 0.1) is 0 Å². The van der Waals surface area contributed by atoms with Gasteiger partial charge in [-0.15, -0.1) is 0 Å². The molecule has 1 saturated carbocycles. The highest BCUT2D eigenvalue weighted by atomic mass is 15.1. The molecule has 11 heavy (non-hydrogen) atoms. The van der Waals surface area contributed by atoms with Crippen molar-refractivity contribution < 1.29 is 0 Å². The minimum Gasteiger partial charge on any atom is -0.306 e. The Kier molecular flexibility index (Phi) is 2.94. The van der Waals surface area contributed by atoms with Crippen LogP contribution in [0.2, 0.25) is 0 Å². The number of rotatable bonds is 2. The molecule has 1 rings (SSSR count). The zero-order valence-corrected chi connectivity index (χ0v) is 8.30. The molecule has 0 aliphatic heterocycles. The SMILES string of the molecule is CC(C)[C@H]1CCC(N(C)C)C1. The van der Waals surface area contributed by atoms with E-state index in [1.54, 1.807) is 0 Å². The fourth-order valence-corrected chi connectivity index (χ4v) is 2.07. The molecule has 0 radical (unpaired) electrons. The molecule has 0 aromatic carbocycles. The van der Waals surface area contributed by atoms with Crippen molar-refractivity contribution >= 4 is 0 Å². The van der Waals surface area contributed by atoms with Crippen molar-refractivity contribution in [3.05, 3.63) is 0 Å². The summed E-state index contributed by atoms with van der Waals surface area (Å²) in [6, 6.07) is 0.863. The van der Waals surface area contributed by atoms with Gasteiger partial charge in [-0.25, -0.2) is 0 Å². The summed E-state index contributed by atoms with van der Waals surface area (Å²) in [7, 11) is 4.40. The standard InChI is InChI=1S/C10H21N/c1-8(2)9-5-6-10(7-9)11(3)4/h8-10H,5-7H2,1-4H3/t9-,10?/m0/s1.